The van der Waals surface area contributed by atoms with Crippen LogP contribution in [0.25, 0.3) is 10.9 Å². The van der Waals surface area contributed by atoms with Gasteiger partial charge < -0.3 is 20.5 Å². The van der Waals surface area contributed by atoms with Gasteiger partial charge in [0.15, 0.2) is 0 Å². The number of likely N-dealkylation sites (tertiary alicyclic amines) is 1. The molecule has 3 N–H and O–H groups in total. The zero-order valence-electron chi connectivity index (χ0n) is 14.8. The Bertz CT molecular complexity index is 901. The Kier molecular flexibility index (Phi) is 4.78. The van der Waals surface area contributed by atoms with Crippen LogP contribution in [0.2, 0.25) is 5.02 Å². The molecule has 2 saturated heterocycles. The standard InChI is InChI=1S/C19H21ClN4O3/c20-12-1-2-14-11(9-12)10-16(22-14)19(27)24-7-5-13(6-8-24)21-18(26)15-3-4-17(25)23-15/h1-2,9-10,13,15,22H,3-8H2,(H,21,26)(H,23,25)/t15-/m0/s1. The number of nitrogens with one attached hydrogen (secondary N) is 3. The summed E-state index contributed by atoms with van der Waals surface area (Å²) in [6.45, 7) is 1.16. The molecule has 7 nitrogen and oxygen atoms in total. The summed E-state index contributed by atoms with van der Waals surface area (Å²) in [5.74, 6) is -0.247. The molecule has 0 spiro atoms. The fraction of sp³-hybridized carbons (Fsp3) is 0.421. The quantitative estimate of drug-likeness (QED) is 0.748. The van der Waals surface area contributed by atoms with Gasteiger partial charge in [0.2, 0.25) is 11.8 Å². The Hall–Kier alpha value is -2.54. The van der Waals surface area contributed by atoms with Crippen molar-refractivity contribution < 1.29 is 14.4 Å². The lowest BCUT2D eigenvalue weighted by Crippen LogP contribution is -2.50. The SMILES string of the molecule is O=C1CC[C@@H](C(=O)NC2CCN(C(=O)c3cc4cc(Cl)ccc4[nH]3)CC2)N1. The van der Waals surface area contributed by atoms with Crippen molar-refractivity contribution in [3.05, 3.63) is 35.0 Å². The minimum atomic E-state index is -0.421. The number of hydrogen-bond donors (Lipinski definition) is 3. The van der Waals surface area contributed by atoms with Crippen molar-refractivity contribution >= 4 is 40.2 Å². The molecule has 2 aromatic rings. The van der Waals surface area contributed by atoms with E-state index in [4.69, 9.17) is 11.6 Å². The molecule has 142 valence electrons. The van der Waals surface area contributed by atoms with Crippen molar-refractivity contribution in [3.8, 4) is 0 Å². The summed E-state index contributed by atoms with van der Waals surface area (Å²) in [6, 6.07) is 6.90. The van der Waals surface area contributed by atoms with Gasteiger partial charge in [-0.2, -0.15) is 0 Å². The van der Waals surface area contributed by atoms with Crippen LogP contribution < -0.4 is 10.6 Å². The van der Waals surface area contributed by atoms with Crippen LogP contribution >= 0.6 is 11.6 Å². The van der Waals surface area contributed by atoms with Crippen molar-refractivity contribution in [2.45, 2.75) is 37.8 Å². The smallest absolute Gasteiger partial charge is 0.270 e. The Morgan fingerprint density at radius 2 is 1.93 bits per heavy atom. The van der Waals surface area contributed by atoms with E-state index in [0.717, 1.165) is 10.9 Å². The van der Waals surface area contributed by atoms with Crippen molar-refractivity contribution in [2.24, 2.45) is 0 Å². The maximum atomic E-state index is 12.8. The van der Waals surface area contributed by atoms with Crippen LogP contribution in [0.1, 0.15) is 36.2 Å². The predicted molar refractivity (Wildman–Crippen MR) is 102 cm³/mol. The van der Waals surface area contributed by atoms with Gasteiger partial charge in [-0.1, -0.05) is 11.6 Å². The van der Waals surface area contributed by atoms with Gasteiger partial charge in [-0.15, -0.1) is 0 Å². The van der Waals surface area contributed by atoms with Crippen LogP contribution in [0.3, 0.4) is 0 Å². The van der Waals surface area contributed by atoms with E-state index in [2.05, 4.69) is 15.6 Å². The highest BCUT2D eigenvalue weighted by molar-refractivity contribution is 6.31. The number of aromatic nitrogens is 1. The number of carbonyl (C=O) groups is 3. The summed E-state index contributed by atoms with van der Waals surface area (Å²) < 4.78 is 0. The number of aromatic amines is 1. The summed E-state index contributed by atoms with van der Waals surface area (Å²) in [4.78, 5) is 41.1. The largest absolute Gasteiger partial charge is 0.351 e. The van der Waals surface area contributed by atoms with E-state index in [1.54, 1.807) is 11.0 Å². The van der Waals surface area contributed by atoms with E-state index >= 15 is 0 Å². The van der Waals surface area contributed by atoms with E-state index < -0.39 is 6.04 Å². The molecule has 2 aliphatic heterocycles. The molecule has 0 radical (unpaired) electrons. The molecule has 4 rings (SSSR count). The van der Waals surface area contributed by atoms with Crippen molar-refractivity contribution in [1.29, 1.82) is 0 Å². The van der Waals surface area contributed by atoms with Gasteiger partial charge in [-0.25, -0.2) is 0 Å². The Morgan fingerprint density at radius 1 is 1.15 bits per heavy atom. The Morgan fingerprint density at radius 3 is 2.63 bits per heavy atom. The number of piperidine rings is 1. The third kappa shape index (κ3) is 3.78. The van der Waals surface area contributed by atoms with Crippen molar-refractivity contribution in [2.75, 3.05) is 13.1 Å². The Labute approximate surface area is 161 Å². The average Bonchev–Trinajstić information content (AvgIpc) is 3.27. The highest BCUT2D eigenvalue weighted by Crippen LogP contribution is 2.22. The number of carbonyl (C=O) groups excluding carboxylic acids is 3. The Balaban J connectivity index is 1.33. The molecule has 2 fully saturated rings. The fourth-order valence-electron chi connectivity index (χ4n) is 3.73. The molecular formula is C19H21ClN4O3. The predicted octanol–water partition coefficient (Wildman–Crippen LogP) is 1.82. The van der Waals surface area contributed by atoms with Gasteiger partial charge in [-0.05, 0) is 43.5 Å². The molecule has 3 heterocycles. The molecule has 0 bridgehead atoms. The summed E-state index contributed by atoms with van der Waals surface area (Å²) in [7, 11) is 0. The summed E-state index contributed by atoms with van der Waals surface area (Å²) in [5.41, 5.74) is 1.42. The maximum absolute atomic E-state index is 12.8. The van der Waals surface area contributed by atoms with Gasteiger partial charge in [0.1, 0.15) is 11.7 Å². The lowest BCUT2D eigenvalue weighted by Gasteiger charge is -2.32. The number of rotatable bonds is 3. The first kappa shape index (κ1) is 17.9. The summed E-state index contributed by atoms with van der Waals surface area (Å²) >= 11 is 6.00. The van der Waals surface area contributed by atoms with Crippen LogP contribution in [-0.2, 0) is 9.59 Å². The van der Waals surface area contributed by atoms with Gasteiger partial charge in [0.05, 0.1) is 0 Å². The lowest BCUT2D eigenvalue weighted by atomic mass is 10.0. The lowest BCUT2D eigenvalue weighted by molar-refractivity contribution is -0.126. The van der Waals surface area contributed by atoms with Crippen LogP contribution in [0, 0.1) is 0 Å². The zero-order valence-corrected chi connectivity index (χ0v) is 15.5. The molecule has 3 amide bonds. The van der Waals surface area contributed by atoms with Crippen LogP contribution in [0.4, 0.5) is 0 Å². The number of benzene rings is 1. The van der Waals surface area contributed by atoms with E-state index in [1.807, 2.05) is 18.2 Å². The maximum Gasteiger partial charge on any atom is 0.270 e. The fourth-order valence-corrected chi connectivity index (χ4v) is 3.91. The zero-order chi connectivity index (χ0) is 19.0. The number of fused-ring (bicyclic) bond motifs is 1. The minimum Gasteiger partial charge on any atom is -0.351 e. The van der Waals surface area contributed by atoms with Crippen molar-refractivity contribution in [3.63, 3.8) is 0 Å². The second-order valence-corrected chi connectivity index (χ2v) is 7.58. The van der Waals surface area contributed by atoms with Crippen LogP contribution in [-0.4, -0.2) is 52.8 Å². The van der Waals surface area contributed by atoms with E-state index in [-0.39, 0.29) is 23.8 Å². The van der Waals surface area contributed by atoms with Gasteiger partial charge in [0.25, 0.3) is 5.91 Å². The molecule has 0 unspecified atom stereocenters. The molecule has 1 aromatic carbocycles. The first-order valence-corrected chi connectivity index (χ1v) is 9.55. The first-order valence-electron chi connectivity index (χ1n) is 9.17. The number of hydrogen-bond acceptors (Lipinski definition) is 3. The molecule has 0 aliphatic carbocycles. The van der Waals surface area contributed by atoms with Gasteiger partial charge in [0, 0.05) is 41.5 Å². The summed E-state index contributed by atoms with van der Waals surface area (Å²) in [6.07, 6.45) is 2.35. The summed E-state index contributed by atoms with van der Waals surface area (Å²) in [5, 5.41) is 7.22. The second kappa shape index (κ2) is 7.23. The second-order valence-electron chi connectivity index (χ2n) is 7.15. The van der Waals surface area contributed by atoms with Crippen LogP contribution in [0.5, 0.6) is 0 Å². The number of amides is 3. The highest BCUT2D eigenvalue weighted by Gasteiger charge is 2.30. The molecule has 0 saturated carbocycles. The molecular weight excluding hydrogens is 368 g/mol. The monoisotopic (exact) mass is 388 g/mol. The average molecular weight is 389 g/mol. The molecule has 1 atom stereocenters. The normalized spacial score (nSPS) is 20.7. The van der Waals surface area contributed by atoms with Crippen LogP contribution in [0.15, 0.2) is 24.3 Å². The molecule has 27 heavy (non-hydrogen) atoms. The minimum absolute atomic E-state index is 0.0283. The topological polar surface area (TPSA) is 94.3 Å². The third-order valence-electron chi connectivity index (χ3n) is 5.25. The molecule has 8 heteroatoms. The first-order chi connectivity index (χ1) is 13.0. The highest BCUT2D eigenvalue weighted by atomic mass is 35.5. The third-order valence-corrected chi connectivity index (χ3v) is 5.49. The van der Waals surface area contributed by atoms with Crippen molar-refractivity contribution in [1.82, 2.24) is 20.5 Å². The van der Waals surface area contributed by atoms with E-state index in [0.29, 0.717) is 49.5 Å². The van der Waals surface area contributed by atoms with E-state index in [9.17, 15) is 14.4 Å². The number of H-pyrrole nitrogens is 1. The number of halogens is 1. The number of nitrogens with zero attached hydrogens (tertiary/aromatic N) is 1. The van der Waals surface area contributed by atoms with E-state index in [1.165, 1.54) is 0 Å². The van der Waals surface area contributed by atoms with Gasteiger partial charge in [-0.3, -0.25) is 14.4 Å². The molecule has 1 aromatic heterocycles. The van der Waals surface area contributed by atoms with Gasteiger partial charge >= 0.3 is 0 Å². The molecule has 2 aliphatic rings.